The molecule has 1 atom stereocenters. The highest BCUT2D eigenvalue weighted by Crippen LogP contribution is 2.28. The fourth-order valence-corrected chi connectivity index (χ4v) is 2.35. The number of nitrogens with one attached hydrogen (secondary N) is 1. The van der Waals surface area contributed by atoms with Crippen molar-refractivity contribution in [2.24, 2.45) is 0 Å². The summed E-state index contributed by atoms with van der Waals surface area (Å²) in [7, 11) is 0. The third-order valence-electron chi connectivity index (χ3n) is 3.25. The molecule has 0 aliphatic carbocycles. The van der Waals surface area contributed by atoms with E-state index in [1.54, 1.807) is 18.3 Å². The van der Waals surface area contributed by atoms with E-state index in [0.29, 0.717) is 0 Å². The lowest BCUT2D eigenvalue weighted by molar-refractivity contribution is 0.0678. The Morgan fingerprint density at radius 1 is 1.33 bits per heavy atom. The van der Waals surface area contributed by atoms with Gasteiger partial charge in [-0.15, -0.1) is 0 Å². The molecule has 4 nitrogen and oxygen atoms in total. The van der Waals surface area contributed by atoms with Gasteiger partial charge in [-0.3, -0.25) is 4.98 Å². The van der Waals surface area contributed by atoms with Crippen LogP contribution in [0.4, 0.5) is 0 Å². The van der Waals surface area contributed by atoms with Crippen LogP contribution in [0.5, 0.6) is 5.75 Å². The second-order valence-electron chi connectivity index (χ2n) is 4.52. The number of rotatable bonds is 1. The second-order valence-corrected chi connectivity index (χ2v) is 4.52. The van der Waals surface area contributed by atoms with Gasteiger partial charge in [-0.05, 0) is 36.7 Å². The number of ether oxygens (including phenoxy) is 1. The van der Waals surface area contributed by atoms with Gasteiger partial charge in [0.1, 0.15) is 5.75 Å². The Hall–Kier alpha value is -1.65. The Kier molecular flexibility index (Phi) is 3.13. The largest absolute Gasteiger partial charge is 0.508 e. The van der Waals surface area contributed by atoms with Crippen LogP contribution in [-0.4, -0.2) is 29.8 Å². The molecule has 18 heavy (non-hydrogen) atoms. The van der Waals surface area contributed by atoms with Crippen LogP contribution in [0.15, 0.2) is 30.5 Å². The number of nitrogens with zero attached hydrogens (tertiary/aromatic N) is 1. The van der Waals surface area contributed by atoms with Gasteiger partial charge >= 0.3 is 0 Å². The lowest BCUT2D eigenvalue weighted by Crippen LogP contribution is -2.20. The molecule has 2 heterocycles. The van der Waals surface area contributed by atoms with E-state index < -0.39 is 0 Å². The summed E-state index contributed by atoms with van der Waals surface area (Å²) < 4.78 is 5.87. The van der Waals surface area contributed by atoms with Gasteiger partial charge in [0.25, 0.3) is 0 Å². The first kappa shape index (κ1) is 11.4. The van der Waals surface area contributed by atoms with Gasteiger partial charge in [0, 0.05) is 30.8 Å². The van der Waals surface area contributed by atoms with Crippen LogP contribution in [0.3, 0.4) is 0 Å². The predicted molar refractivity (Wildman–Crippen MR) is 69.6 cm³/mol. The molecular weight excluding hydrogens is 228 g/mol. The summed E-state index contributed by atoms with van der Waals surface area (Å²) in [6.07, 6.45) is 2.87. The Labute approximate surface area is 106 Å². The third-order valence-corrected chi connectivity index (χ3v) is 3.25. The first-order valence-corrected chi connectivity index (χ1v) is 6.24. The van der Waals surface area contributed by atoms with E-state index in [2.05, 4.69) is 10.3 Å². The van der Waals surface area contributed by atoms with Gasteiger partial charge in [-0.25, -0.2) is 0 Å². The minimum absolute atomic E-state index is 0.0579. The van der Waals surface area contributed by atoms with Crippen LogP contribution >= 0.6 is 0 Å². The van der Waals surface area contributed by atoms with E-state index in [0.717, 1.165) is 42.6 Å². The first-order chi connectivity index (χ1) is 8.84. The average molecular weight is 244 g/mol. The highest BCUT2D eigenvalue weighted by molar-refractivity contribution is 5.83. The summed E-state index contributed by atoms with van der Waals surface area (Å²) in [5.74, 6) is 0.243. The number of pyridine rings is 1. The fourth-order valence-electron chi connectivity index (χ4n) is 2.35. The Morgan fingerprint density at radius 3 is 3.22 bits per heavy atom. The van der Waals surface area contributed by atoms with Crippen LogP contribution in [0, 0.1) is 0 Å². The third kappa shape index (κ3) is 2.17. The lowest BCUT2D eigenvalue weighted by atomic mass is 10.0. The SMILES string of the molecule is Oc1ccc2c(C3CNCCCO3)ccnc2c1. The van der Waals surface area contributed by atoms with E-state index in [4.69, 9.17) is 4.74 Å². The molecule has 94 valence electrons. The van der Waals surface area contributed by atoms with E-state index in [1.807, 2.05) is 12.1 Å². The lowest BCUT2D eigenvalue weighted by Gasteiger charge is -2.17. The highest BCUT2D eigenvalue weighted by atomic mass is 16.5. The summed E-state index contributed by atoms with van der Waals surface area (Å²) in [6, 6.07) is 7.28. The number of phenolic OH excluding ortho intramolecular Hbond substituents is 1. The zero-order valence-electron chi connectivity index (χ0n) is 10.1. The number of phenols is 1. The van der Waals surface area contributed by atoms with Crippen molar-refractivity contribution in [2.75, 3.05) is 19.7 Å². The molecule has 0 radical (unpaired) electrons. The van der Waals surface area contributed by atoms with Crippen molar-refractivity contribution in [1.82, 2.24) is 10.3 Å². The minimum Gasteiger partial charge on any atom is -0.508 e. The van der Waals surface area contributed by atoms with Crippen molar-refractivity contribution in [3.8, 4) is 5.75 Å². The summed E-state index contributed by atoms with van der Waals surface area (Å²) in [4.78, 5) is 4.29. The van der Waals surface area contributed by atoms with E-state index in [9.17, 15) is 5.11 Å². The molecule has 0 saturated carbocycles. The maximum atomic E-state index is 9.49. The number of aromatic hydroxyl groups is 1. The smallest absolute Gasteiger partial charge is 0.117 e. The molecular formula is C14H16N2O2. The molecule has 2 N–H and O–H groups in total. The van der Waals surface area contributed by atoms with Crippen molar-refractivity contribution >= 4 is 10.9 Å². The molecule has 0 spiro atoms. The highest BCUT2D eigenvalue weighted by Gasteiger charge is 2.17. The topological polar surface area (TPSA) is 54.4 Å². The summed E-state index contributed by atoms with van der Waals surface area (Å²) in [5, 5.41) is 13.9. The molecule has 4 heteroatoms. The molecule has 1 aromatic heterocycles. The normalized spacial score (nSPS) is 20.8. The van der Waals surface area contributed by atoms with Crippen LogP contribution in [0.25, 0.3) is 10.9 Å². The van der Waals surface area contributed by atoms with Crippen molar-refractivity contribution in [3.63, 3.8) is 0 Å². The molecule has 1 aliphatic rings. The summed E-state index contributed by atoms with van der Waals surface area (Å²) >= 11 is 0. The van der Waals surface area contributed by atoms with Gasteiger partial charge in [0.2, 0.25) is 0 Å². The first-order valence-electron chi connectivity index (χ1n) is 6.24. The number of benzene rings is 1. The molecule has 0 bridgehead atoms. The summed E-state index contributed by atoms with van der Waals surface area (Å²) in [6.45, 7) is 2.60. The standard InChI is InChI=1S/C14H16N2O2/c17-10-2-3-11-12(4-6-16-13(11)8-10)14-9-15-5-1-7-18-14/h2-4,6,8,14-15,17H,1,5,7,9H2. The van der Waals surface area contributed by atoms with Gasteiger partial charge in [-0.1, -0.05) is 0 Å². The van der Waals surface area contributed by atoms with Crippen molar-refractivity contribution in [2.45, 2.75) is 12.5 Å². The number of hydrogen-bond donors (Lipinski definition) is 2. The molecule has 1 saturated heterocycles. The van der Waals surface area contributed by atoms with Crippen LogP contribution in [0.1, 0.15) is 18.1 Å². The monoisotopic (exact) mass is 244 g/mol. The molecule has 0 amide bonds. The predicted octanol–water partition coefficient (Wildman–Crippen LogP) is 1.99. The number of aromatic nitrogens is 1. The maximum Gasteiger partial charge on any atom is 0.117 e. The van der Waals surface area contributed by atoms with Crippen molar-refractivity contribution in [1.29, 1.82) is 0 Å². The Morgan fingerprint density at radius 2 is 2.28 bits per heavy atom. The summed E-state index contributed by atoms with van der Waals surface area (Å²) in [5.41, 5.74) is 1.94. The van der Waals surface area contributed by atoms with Gasteiger partial charge < -0.3 is 15.2 Å². The van der Waals surface area contributed by atoms with Crippen LogP contribution in [0.2, 0.25) is 0 Å². The van der Waals surface area contributed by atoms with Gasteiger partial charge in [0.05, 0.1) is 11.6 Å². The van der Waals surface area contributed by atoms with E-state index >= 15 is 0 Å². The van der Waals surface area contributed by atoms with Gasteiger partial charge in [-0.2, -0.15) is 0 Å². The maximum absolute atomic E-state index is 9.49. The molecule has 1 fully saturated rings. The van der Waals surface area contributed by atoms with Crippen molar-refractivity contribution < 1.29 is 9.84 Å². The van der Waals surface area contributed by atoms with E-state index in [1.165, 1.54) is 0 Å². The Balaban J connectivity index is 2.04. The molecule has 1 unspecified atom stereocenters. The average Bonchev–Trinajstić information content (AvgIpc) is 2.66. The molecule has 3 rings (SSSR count). The zero-order valence-corrected chi connectivity index (χ0v) is 10.1. The molecule has 1 aliphatic heterocycles. The number of fused-ring (bicyclic) bond motifs is 1. The van der Waals surface area contributed by atoms with E-state index in [-0.39, 0.29) is 11.9 Å². The molecule has 2 aromatic rings. The van der Waals surface area contributed by atoms with Crippen LogP contribution in [-0.2, 0) is 4.74 Å². The van der Waals surface area contributed by atoms with Gasteiger partial charge in [0.15, 0.2) is 0 Å². The van der Waals surface area contributed by atoms with Crippen LogP contribution < -0.4 is 5.32 Å². The van der Waals surface area contributed by atoms with Crippen molar-refractivity contribution in [3.05, 3.63) is 36.0 Å². The number of hydrogen-bond acceptors (Lipinski definition) is 4. The molecule has 1 aromatic carbocycles. The quantitative estimate of drug-likeness (QED) is 0.805. The minimum atomic E-state index is 0.0579. The Bertz CT molecular complexity index is 548. The fraction of sp³-hybridized carbons (Fsp3) is 0.357. The second kappa shape index (κ2) is 4.92. The zero-order chi connectivity index (χ0) is 12.4.